The summed E-state index contributed by atoms with van der Waals surface area (Å²) in [6, 6.07) is 23.1. The number of nitrogens with one attached hydrogen (secondary N) is 3. The van der Waals surface area contributed by atoms with Gasteiger partial charge in [0.15, 0.2) is 5.75 Å². The quantitative estimate of drug-likeness (QED) is 0.100. The number of benzene rings is 4. The summed E-state index contributed by atoms with van der Waals surface area (Å²) in [4.78, 5) is 18.0. The number of ether oxygens (including phenoxy) is 3. The fourth-order valence-corrected chi connectivity index (χ4v) is 7.92. The number of pyridine rings is 1. The van der Waals surface area contributed by atoms with Crippen molar-refractivity contribution in [3.63, 3.8) is 0 Å². The molecule has 2 amide bonds. The minimum Gasteiger partial charge on any atom is -0.496 e. The first-order valence-electron chi connectivity index (χ1n) is 16.8. The summed E-state index contributed by atoms with van der Waals surface area (Å²) in [5.41, 5.74) is 3.13. The van der Waals surface area contributed by atoms with Crippen molar-refractivity contribution in [2.24, 2.45) is 0 Å². The van der Waals surface area contributed by atoms with Crippen LogP contribution in [-0.4, -0.2) is 53.2 Å². The van der Waals surface area contributed by atoms with Crippen molar-refractivity contribution in [2.75, 3.05) is 49.1 Å². The smallest absolute Gasteiger partial charge is 0.323 e. The number of aromatic nitrogens is 1. The second-order valence-electron chi connectivity index (χ2n) is 13.5. The Labute approximate surface area is 310 Å². The molecule has 0 aliphatic heterocycles. The van der Waals surface area contributed by atoms with Crippen molar-refractivity contribution >= 4 is 56.6 Å². The molecule has 12 nitrogen and oxygen atoms in total. The molecule has 1 atom stereocenters. The number of carbonyl (C=O) groups excluding carboxylic acids is 1. The standard InChI is InChI=1S/C39H45N4O8PS/c1-9-50-52(7,45)36-17-14-25(21-35(36)48-5)20-27-24-28(18-19-40-27)51-34-16-15-31(29-12-10-11-13-30(29)34)41-38(44)42-32-22-26(39(2,3)4)23-33(37(32)49-6)43-53(8,46)47/h10-19,21-24,43H,9,20H2,1-8H3,(H2,41,42,44). The van der Waals surface area contributed by atoms with E-state index >= 15 is 0 Å². The van der Waals surface area contributed by atoms with Gasteiger partial charge in [-0.15, -0.1) is 0 Å². The SMILES string of the molecule is CCOP(C)(=O)c1ccc(Cc2cc(Oc3ccc(NC(=O)Nc4cc(C(C)(C)C)cc(NS(C)(=O)=O)c4OC)c4ccccc34)ccn2)cc1OC. The molecule has 280 valence electrons. The van der Waals surface area contributed by atoms with Crippen molar-refractivity contribution in [3.8, 4) is 23.0 Å². The maximum absolute atomic E-state index is 13.5. The number of fused-ring (bicyclic) bond motifs is 1. The van der Waals surface area contributed by atoms with Crippen molar-refractivity contribution in [3.05, 3.63) is 102 Å². The molecule has 1 unspecified atom stereocenters. The topological polar surface area (TPSA) is 154 Å². The average Bonchev–Trinajstić information content (AvgIpc) is 3.08. The van der Waals surface area contributed by atoms with Crippen molar-refractivity contribution in [1.82, 2.24) is 4.98 Å². The van der Waals surface area contributed by atoms with Gasteiger partial charge in [0, 0.05) is 41.8 Å². The largest absolute Gasteiger partial charge is 0.496 e. The Bertz CT molecular complexity index is 2310. The number of hydrogen-bond donors (Lipinski definition) is 3. The second kappa shape index (κ2) is 15.9. The van der Waals surface area contributed by atoms with E-state index in [0.717, 1.165) is 33.8 Å². The zero-order chi connectivity index (χ0) is 38.6. The third kappa shape index (κ3) is 9.67. The molecule has 0 saturated carbocycles. The van der Waals surface area contributed by atoms with Crippen LogP contribution in [0.4, 0.5) is 21.9 Å². The summed E-state index contributed by atoms with van der Waals surface area (Å²) >= 11 is 0. The van der Waals surface area contributed by atoms with Gasteiger partial charge in [-0.1, -0.05) is 51.1 Å². The van der Waals surface area contributed by atoms with Gasteiger partial charge in [-0.2, -0.15) is 0 Å². The molecule has 0 radical (unpaired) electrons. The number of rotatable bonds is 13. The van der Waals surface area contributed by atoms with E-state index in [1.165, 1.54) is 7.11 Å². The predicted molar refractivity (Wildman–Crippen MR) is 212 cm³/mol. The van der Waals surface area contributed by atoms with E-state index in [2.05, 4.69) is 20.3 Å². The van der Waals surface area contributed by atoms with Gasteiger partial charge in [-0.3, -0.25) is 14.3 Å². The van der Waals surface area contributed by atoms with Crippen LogP contribution < -0.4 is 34.9 Å². The van der Waals surface area contributed by atoms with Gasteiger partial charge in [-0.25, -0.2) is 13.2 Å². The van der Waals surface area contributed by atoms with Crippen molar-refractivity contribution in [1.29, 1.82) is 0 Å². The number of carbonyl (C=O) groups is 1. The van der Waals surface area contributed by atoms with E-state index in [4.69, 9.17) is 18.7 Å². The molecule has 5 aromatic rings. The second-order valence-corrected chi connectivity index (χ2v) is 17.7. The van der Waals surface area contributed by atoms with Gasteiger partial charge in [-0.05, 0) is 65.9 Å². The number of anilines is 3. The van der Waals surface area contributed by atoms with Crippen LogP contribution >= 0.6 is 7.37 Å². The van der Waals surface area contributed by atoms with Crippen LogP contribution in [0.1, 0.15) is 44.5 Å². The van der Waals surface area contributed by atoms with E-state index in [-0.39, 0.29) is 16.9 Å². The van der Waals surface area contributed by atoms with Gasteiger partial charge in [0.05, 0.1) is 49.4 Å². The normalized spacial score (nSPS) is 12.8. The Balaban J connectivity index is 1.38. The number of sulfonamides is 1. The molecule has 53 heavy (non-hydrogen) atoms. The van der Waals surface area contributed by atoms with Crippen LogP contribution in [0.5, 0.6) is 23.0 Å². The summed E-state index contributed by atoms with van der Waals surface area (Å²) in [6.45, 7) is 9.67. The van der Waals surface area contributed by atoms with Crippen LogP contribution in [0.3, 0.4) is 0 Å². The predicted octanol–water partition coefficient (Wildman–Crippen LogP) is 8.52. The Morgan fingerprint density at radius 1 is 0.849 bits per heavy atom. The van der Waals surface area contributed by atoms with Crippen molar-refractivity contribution < 1.29 is 36.5 Å². The van der Waals surface area contributed by atoms with Crippen LogP contribution in [0, 0.1) is 0 Å². The molecule has 1 heterocycles. The molecule has 5 rings (SSSR count). The Morgan fingerprint density at radius 2 is 1.55 bits per heavy atom. The zero-order valence-electron chi connectivity index (χ0n) is 31.1. The van der Waals surface area contributed by atoms with E-state index in [0.29, 0.717) is 47.0 Å². The molecule has 0 saturated heterocycles. The highest BCUT2D eigenvalue weighted by Crippen LogP contribution is 2.44. The average molecular weight is 761 g/mol. The highest BCUT2D eigenvalue weighted by Gasteiger charge is 2.24. The molecule has 0 bridgehead atoms. The fourth-order valence-electron chi connectivity index (χ4n) is 5.83. The zero-order valence-corrected chi connectivity index (χ0v) is 32.8. The lowest BCUT2D eigenvalue weighted by atomic mass is 9.86. The van der Waals surface area contributed by atoms with E-state index in [1.54, 1.807) is 63.3 Å². The first-order valence-corrected chi connectivity index (χ1v) is 20.8. The third-order valence-corrected chi connectivity index (χ3v) is 10.9. The summed E-state index contributed by atoms with van der Waals surface area (Å²) in [7, 11) is -3.72. The minimum atomic E-state index is -3.63. The van der Waals surface area contributed by atoms with Crippen LogP contribution in [0.15, 0.2) is 85.1 Å². The minimum absolute atomic E-state index is 0.174. The molecule has 1 aromatic heterocycles. The lowest BCUT2D eigenvalue weighted by molar-refractivity contribution is 0.262. The Kier molecular flexibility index (Phi) is 11.7. The van der Waals surface area contributed by atoms with Gasteiger partial charge in [0.25, 0.3) is 0 Å². The van der Waals surface area contributed by atoms with Crippen molar-refractivity contribution in [2.45, 2.75) is 39.5 Å². The molecule has 0 aliphatic carbocycles. The summed E-state index contributed by atoms with van der Waals surface area (Å²) in [5.74, 6) is 1.81. The maximum atomic E-state index is 13.5. The third-order valence-electron chi connectivity index (χ3n) is 8.29. The molecular weight excluding hydrogens is 715 g/mol. The lowest BCUT2D eigenvalue weighted by Gasteiger charge is -2.24. The molecule has 3 N–H and O–H groups in total. The number of amides is 2. The molecule has 0 spiro atoms. The van der Waals surface area contributed by atoms with E-state index in [9.17, 15) is 17.8 Å². The first kappa shape index (κ1) is 39.1. The Hall–Kier alpha value is -5.10. The lowest BCUT2D eigenvalue weighted by Crippen LogP contribution is -2.22. The summed E-state index contributed by atoms with van der Waals surface area (Å²) in [5, 5.41) is 7.79. The van der Waals surface area contributed by atoms with Gasteiger partial charge >= 0.3 is 6.03 Å². The highest BCUT2D eigenvalue weighted by atomic mass is 32.2. The molecule has 0 fully saturated rings. The monoisotopic (exact) mass is 760 g/mol. The van der Waals surface area contributed by atoms with Gasteiger partial charge < -0.3 is 29.4 Å². The molecule has 0 aliphatic rings. The first-order chi connectivity index (χ1) is 25.0. The number of nitrogens with zero attached hydrogens (tertiary/aromatic N) is 1. The summed E-state index contributed by atoms with van der Waals surface area (Å²) < 4.78 is 62.8. The molecule has 4 aromatic carbocycles. The van der Waals surface area contributed by atoms with Gasteiger partial charge in [0.2, 0.25) is 17.4 Å². The number of urea groups is 1. The highest BCUT2D eigenvalue weighted by molar-refractivity contribution is 7.92. The molecule has 14 heteroatoms. The number of hydrogen-bond acceptors (Lipinski definition) is 9. The van der Waals surface area contributed by atoms with E-state index in [1.807, 2.05) is 63.2 Å². The van der Waals surface area contributed by atoms with Crippen LogP contribution in [0.2, 0.25) is 0 Å². The molecular formula is C39H45N4O8PS. The van der Waals surface area contributed by atoms with E-state index < -0.39 is 23.4 Å². The van der Waals surface area contributed by atoms with Crippen LogP contribution in [0.25, 0.3) is 10.8 Å². The Morgan fingerprint density at radius 3 is 2.21 bits per heavy atom. The maximum Gasteiger partial charge on any atom is 0.323 e. The number of methoxy groups -OCH3 is 2. The van der Waals surface area contributed by atoms with Crippen LogP contribution in [-0.2, 0) is 30.9 Å². The fraction of sp³-hybridized carbons (Fsp3) is 0.282. The van der Waals surface area contributed by atoms with Gasteiger partial charge in [0.1, 0.15) is 17.2 Å². The summed E-state index contributed by atoms with van der Waals surface area (Å²) in [6.07, 6.45) is 3.20.